The Morgan fingerprint density at radius 3 is 2.40 bits per heavy atom. The molecule has 1 aliphatic heterocycles. The van der Waals surface area contributed by atoms with E-state index in [-0.39, 0.29) is 22.9 Å². The van der Waals surface area contributed by atoms with Crippen LogP contribution in [0.25, 0.3) is 0 Å². The van der Waals surface area contributed by atoms with Gasteiger partial charge in [0, 0.05) is 6.07 Å². The van der Waals surface area contributed by atoms with Crippen LogP contribution in [0.3, 0.4) is 0 Å². The zero-order valence-corrected chi connectivity index (χ0v) is 13.4. The summed E-state index contributed by atoms with van der Waals surface area (Å²) >= 11 is 0. The maximum Gasteiger partial charge on any atom is 0.573 e. The normalized spacial score (nSPS) is 14.0. The SMILES string of the molecule is O=S(=O)(Nc1ccccc1OC(F)(F)F)c1ccc2c(c1)OCCO2. The highest BCUT2D eigenvalue weighted by Crippen LogP contribution is 2.35. The van der Waals surface area contributed by atoms with Crippen LogP contribution in [0.2, 0.25) is 0 Å². The number of hydrogen-bond donors (Lipinski definition) is 1. The number of benzene rings is 2. The van der Waals surface area contributed by atoms with Crippen LogP contribution in [0.4, 0.5) is 18.9 Å². The minimum atomic E-state index is -4.95. The molecule has 6 nitrogen and oxygen atoms in total. The summed E-state index contributed by atoms with van der Waals surface area (Å²) in [4.78, 5) is -0.182. The number of anilines is 1. The number of halogens is 3. The molecule has 0 unspecified atom stereocenters. The average Bonchev–Trinajstić information content (AvgIpc) is 2.55. The van der Waals surface area contributed by atoms with Crippen molar-refractivity contribution in [3.8, 4) is 17.2 Å². The van der Waals surface area contributed by atoms with E-state index in [1.54, 1.807) is 0 Å². The van der Waals surface area contributed by atoms with E-state index in [0.29, 0.717) is 12.4 Å². The minimum absolute atomic E-state index is 0.182. The van der Waals surface area contributed by atoms with E-state index in [1.807, 2.05) is 0 Å². The lowest BCUT2D eigenvalue weighted by Crippen LogP contribution is -2.20. The number of fused-ring (bicyclic) bond motifs is 1. The molecule has 2 aromatic carbocycles. The third-order valence-corrected chi connectivity index (χ3v) is 4.54. The van der Waals surface area contributed by atoms with E-state index >= 15 is 0 Å². The van der Waals surface area contributed by atoms with Crippen molar-refractivity contribution in [2.75, 3.05) is 17.9 Å². The van der Waals surface area contributed by atoms with Crippen molar-refractivity contribution in [3.63, 3.8) is 0 Å². The summed E-state index contributed by atoms with van der Waals surface area (Å²) < 4.78 is 78.8. The molecular weight excluding hydrogens is 363 g/mol. The molecule has 0 atom stereocenters. The second kappa shape index (κ2) is 6.36. The lowest BCUT2D eigenvalue weighted by molar-refractivity contribution is -0.274. The van der Waals surface area contributed by atoms with Gasteiger partial charge < -0.3 is 14.2 Å². The summed E-state index contributed by atoms with van der Waals surface area (Å²) in [5.74, 6) is -0.0175. The highest BCUT2D eigenvalue weighted by molar-refractivity contribution is 7.92. The van der Waals surface area contributed by atoms with Crippen molar-refractivity contribution in [3.05, 3.63) is 42.5 Å². The molecule has 10 heteroatoms. The van der Waals surface area contributed by atoms with Gasteiger partial charge in [0.2, 0.25) is 0 Å². The Hall–Kier alpha value is -2.62. The molecule has 0 fully saturated rings. The van der Waals surface area contributed by atoms with Gasteiger partial charge in [0.1, 0.15) is 13.2 Å². The van der Waals surface area contributed by atoms with Gasteiger partial charge >= 0.3 is 6.36 Å². The number of hydrogen-bond acceptors (Lipinski definition) is 5. The van der Waals surface area contributed by atoms with Gasteiger partial charge in [-0.15, -0.1) is 13.2 Å². The molecule has 0 spiro atoms. The molecular formula is C15H12F3NO5S. The molecule has 25 heavy (non-hydrogen) atoms. The molecule has 0 amide bonds. The van der Waals surface area contributed by atoms with Crippen LogP contribution in [0.1, 0.15) is 0 Å². The van der Waals surface area contributed by atoms with Gasteiger partial charge in [-0.1, -0.05) is 12.1 Å². The Morgan fingerprint density at radius 1 is 1.00 bits per heavy atom. The standard InChI is InChI=1S/C15H12F3NO5S/c16-15(17,18)24-12-4-2-1-3-11(12)19-25(20,21)10-5-6-13-14(9-10)23-8-7-22-13/h1-6,9,19H,7-8H2. The third-order valence-electron chi connectivity index (χ3n) is 3.18. The predicted molar refractivity (Wildman–Crippen MR) is 81.4 cm³/mol. The van der Waals surface area contributed by atoms with Gasteiger partial charge in [-0.2, -0.15) is 0 Å². The van der Waals surface area contributed by atoms with Crippen LogP contribution in [0.5, 0.6) is 17.2 Å². The highest BCUT2D eigenvalue weighted by atomic mass is 32.2. The fraction of sp³-hybridized carbons (Fsp3) is 0.200. The lowest BCUT2D eigenvalue weighted by atomic mass is 10.3. The van der Waals surface area contributed by atoms with Crippen LogP contribution in [-0.4, -0.2) is 28.0 Å². The first-order valence-electron chi connectivity index (χ1n) is 7.02. The molecule has 0 saturated heterocycles. The number of nitrogens with one attached hydrogen (secondary N) is 1. The maximum absolute atomic E-state index is 12.5. The van der Waals surface area contributed by atoms with Gasteiger partial charge in [-0.05, 0) is 24.3 Å². The summed E-state index contributed by atoms with van der Waals surface area (Å²) in [7, 11) is -4.16. The molecule has 0 bridgehead atoms. The maximum atomic E-state index is 12.5. The molecule has 1 aliphatic rings. The third kappa shape index (κ3) is 4.08. The van der Waals surface area contributed by atoms with Crippen molar-refractivity contribution in [2.24, 2.45) is 0 Å². The first-order chi connectivity index (χ1) is 11.7. The van der Waals surface area contributed by atoms with E-state index in [0.717, 1.165) is 12.1 Å². The first-order valence-corrected chi connectivity index (χ1v) is 8.50. The van der Waals surface area contributed by atoms with Gasteiger partial charge in [0.25, 0.3) is 10.0 Å². The van der Waals surface area contributed by atoms with E-state index in [9.17, 15) is 21.6 Å². The zero-order valence-electron chi connectivity index (χ0n) is 12.5. The summed E-state index contributed by atoms with van der Waals surface area (Å²) in [6.45, 7) is 0.617. The molecule has 2 aromatic rings. The van der Waals surface area contributed by atoms with Crippen molar-refractivity contribution in [1.29, 1.82) is 0 Å². The monoisotopic (exact) mass is 375 g/mol. The lowest BCUT2D eigenvalue weighted by Gasteiger charge is -2.19. The van der Waals surface area contributed by atoms with Crippen molar-refractivity contribution in [2.45, 2.75) is 11.3 Å². The minimum Gasteiger partial charge on any atom is -0.486 e. The van der Waals surface area contributed by atoms with Crippen LogP contribution in [0, 0.1) is 0 Å². The Morgan fingerprint density at radius 2 is 1.68 bits per heavy atom. The topological polar surface area (TPSA) is 73.9 Å². The summed E-state index contributed by atoms with van der Waals surface area (Å²) in [6.07, 6.45) is -4.95. The van der Waals surface area contributed by atoms with Crippen LogP contribution >= 0.6 is 0 Å². The number of rotatable bonds is 4. The molecule has 1 heterocycles. The van der Waals surface area contributed by atoms with E-state index < -0.39 is 22.1 Å². The number of para-hydroxylation sites is 2. The molecule has 0 saturated carbocycles. The van der Waals surface area contributed by atoms with Crippen molar-refractivity contribution >= 4 is 15.7 Å². The molecule has 0 aliphatic carbocycles. The molecule has 3 rings (SSSR count). The summed E-state index contributed by atoms with van der Waals surface area (Å²) in [5, 5.41) is 0. The number of ether oxygens (including phenoxy) is 3. The van der Waals surface area contributed by atoms with E-state index in [4.69, 9.17) is 9.47 Å². The van der Waals surface area contributed by atoms with Gasteiger partial charge in [-0.3, -0.25) is 4.72 Å². The summed E-state index contributed by atoms with van der Waals surface area (Å²) in [5.41, 5.74) is -0.338. The van der Waals surface area contributed by atoms with Crippen LogP contribution < -0.4 is 18.9 Å². The van der Waals surface area contributed by atoms with Gasteiger partial charge in [0.15, 0.2) is 17.2 Å². The highest BCUT2D eigenvalue weighted by Gasteiger charge is 2.32. The molecule has 134 valence electrons. The largest absolute Gasteiger partial charge is 0.573 e. The van der Waals surface area contributed by atoms with Crippen LogP contribution in [0.15, 0.2) is 47.4 Å². The quantitative estimate of drug-likeness (QED) is 0.889. The van der Waals surface area contributed by atoms with E-state index in [1.165, 1.54) is 30.3 Å². The Labute approximate surface area is 141 Å². The fourth-order valence-corrected chi connectivity index (χ4v) is 3.24. The Bertz CT molecular complexity index is 883. The van der Waals surface area contributed by atoms with Crippen molar-refractivity contribution < 1.29 is 35.8 Å². The molecule has 0 radical (unpaired) electrons. The smallest absolute Gasteiger partial charge is 0.486 e. The van der Waals surface area contributed by atoms with Gasteiger partial charge in [-0.25, -0.2) is 8.42 Å². The molecule has 0 aromatic heterocycles. The fourth-order valence-electron chi connectivity index (χ4n) is 2.16. The summed E-state index contributed by atoms with van der Waals surface area (Å²) in [6, 6.07) is 8.77. The number of sulfonamides is 1. The van der Waals surface area contributed by atoms with Crippen LogP contribution in [-0.2, 0) is 10.0 Å². The predicted octanol–water partition coefficient (Wildman–Crippen LogP) is 3.16. The second-order valence-electron chi connectivity index (χ2n) is 4.95. The zero-order chi connectivity index (χ0) is 18.1. The molecule has 1 N–H and O–H groups in total. The Kier molecular flexibility index (Phi) is 4.38. The first kappa shape index (κ1) is 17.2. The second-order valence-corrected chi connectivity index (χ2v) is 6.64. The van der Waals surface area contributed by atoms with E-state index in [2.05, 4.69) is 9.46 Å². The number of alkyl halides is 3. The average molecular weight is 375 g/mol. The van der Waals surface area contributed by atoms with Crippen molar-refractivity contribution in [1.82, 2.24) is 0 Å². The van der Waals surface area contributed by atoms with Gasteiger partial charge in [0.05, 0.1) is 10.6 Å². The Balaban J connectivity index is 1.90.